The van der Waals surface area contributed by atoms with Gasteiger partial charge < -0.3 is 10.4 Å². The quantitative estimate of drug-likeness (QED) is 0.276. The van der Waals surface area contributed by atoms with Gasteiger partial charge in [-0.15, -0.1) is 12.6 Å². The van der Waals surface area contributed by atoms with E-state index in [2.05, 4.69) is 43.3 Å². The topological polar surface area (TPSA) is 101 Å². The van der Waals surface area contributed by atoms with Crippen LogP contribution in [0.5, 0.6) is 5.75 Å². The summed E-state index contributed by atoms with van der Waals surface area (Å²) in [4.78, 5) is 13.7. The van der Waals surface area contributed by atoms with E-state index >= 15 is 0 Å². The second-order valence-corrected chi connectivity index (χ2v) is 7.01. The van der Waals surface area contributed by atoms with Crippen molar-refractivity contribution in [2.45, 2.75) is 19.0 Å². The van der Waals surface area contributed by atoms with Crippen LogP contribution in [0.2, 0.25) is 0 Å². The molecule has 0 fully saturated rings. The summed E-state index contributed by atoms with van der Waals surface area (Å²) in [7, 11) is 0. The van der Waals surface area contributed by atoms with Crippen molar-refractivity contribution >= 4 is 29.6 Å². The molecule has 0 saturated heterocycles. The number of phenols is 1. The Hall–Kier alpha value is -3.17. The van der Waals surface area contributed by atoms with Crippen molar-refractivity contribution in [2.75, 3.05) is 11.9 Å². The van der Waals surface area contributed by atoms with E-state index in [4.69, 9.17) is 0 Å². The highest BCUT2D eigenvalue weighted by molar-refractivity contribution is 7.81. The fourth-order valence-corrected chi connectivity index (χ4v) is 3.19. The molecule has 29 heavy (non-hydrogen) atoms. The van der Waals surface area contributed by atoms with Crippen LogP contribution in [0.15, 0.2) is 55.0 Å². The summed E-state index contributed by atoms with van der Waals surface area (Å²) in [5.41, 5.74) is 3.68. The first kappa shape index (κ1) is 19.2. The summed E-state index contributed by atoms with van der Waals surface area (Å²) in [5.74, 6) is 0.922. The molecular formula is C20H21N7OS. The van der Waals surface area contributed by atoms with Crippen LogP contribution in [-0.4, -0.2) is 41.9 Å². The van der Waals surface area contributed by atoms with Gasteiger partial charge in [-0.25, -0.2) is 9.97 Å². The van der Waals surface area contributed by atoms with Gasteiger partial charge in [0.1, 0.15) is 22.6 Å². The zero-order valence-electron chi connectivity index (χ0n) is 15.8. The fourth-order valence-electron chi connectivity index (χ4n) is 2.87. The summed E-state index contributed by atoms with van der Waals surface area (Å²) in [6.45, 7) is 3.41. The average molecular weight is 408 g/mol. The van der Waals surface area contributed by atoms with Gasteiger partial charge >= 0.3 is 0 Å². The molecule has 0 spiro atoms. The second-order valence-electron chi connectivity index (χ2n) is 6.49. The summed E-state index contributed by atoms with van der Waals surface area (Å²) < 4.78 is 1.82. The van der Waals surface area contributed by atoms with E-state index in [1.807, 2.05) is 42.1 Å². The number of thiol groups is 1. The Morgan fingerprint density at radius 1 is 1.10 bits per heavy atom. The SMILES string of the molecule is CCNC(S)Nc1ccc2ncc(-c3cnn(Cc4ccc(O)cc4)c3)nc2n1. The third kappa shape index (κ3) is 4.64. The molecule has 8 nitrogen and oxygen atoms in total. The first-order chi connectivity index (χ1) is 14.1. The highest BCUT2D eigenvalue weighted by atomic mass is 32.1. The number of aromatic hydroxyl groups is 1. The van der Waals surface area contributed by atoms with Crippen molar-refractivity contribution in [3.05, 3.63) is 60.6 Å². The maximum atomic E-state index is 9.40. The lowest BCUT2D eigenvalue weighted by atomic mass is 10.2. The van der Waals surface area contributed by atoms with Gasteiger partial charge in [-0.3, -0.25) is 15.0 Å². The Kier molecular flexibility index (Phi) is 5.59. The number of phenolic OH excluding ortho intramolecular Hbond substituents is 1. The number of nitrogens with one attached hydrogen (secondary N) is 2. The minimum atomic E-state index is -0.195. The largest absolute Gasteiger partial charge is 0.508 e. The smallest absolute Gasteiger partial charge is 0.180 e. The number of fused-ring (bicyclic) bond motifs is 1. The zero-order valence-corrected chi connectivity index (χ0v) is 16.7. The third-order valence-corrected chi connectivity index (χ3v) is 4.61. The highest BCUT2D eigenvalue weighted by Crippen LogP contribution is 2.20. The molecular weight excluding hydrogens is 386 g/mol. The molecule has 4 rings (SSSR count). The number of aromatic nitrogens is 5. The first-order valence-corrected chi connectivity index (χ1v) is 9.75. The Labute approximate surface area is 173 Å². The monoisotopic (exact) mass is 407 g/mol. The Balaban J connectivity index is 1.55. The van der Waals surface area contributed by atoms with E-state index in [1.54, 1.807) is 24.5 Å². The fraction of sp³-hybridized carbons (Fsp3) is 0.200. The normalized spacial score (nSPS) is 12.2. The van der Waals surface area contributed by atoms with Gasteiger partial charge in [-0.2, -0.15) is 5.10 Å². The van der Waals surface area contributed by atoms with Gasteiger partial charge in [-0.1, -0.05) is 19.1 Å². The van der Waals surface area contributed by atoms with Crippen molar-refractivity contribution in [3.8, 4) is 17.0 Å². The molecule has 3 N–H and O–H groups in total. The number of pyridine rings is 1. The molecule has 0 radical (unpaired) electrons. The number of nitrogens with zero attached hydrogens (tertiary/aromatic N) is 5. The summed E-state index contributed by atoms with van der Waals surface area (Å²) in [5, 5.41) is 20.1. The highest BCUT2D eigenvalue weighted by Gasteiger charge is 2.09. The minimum Gasteiger partial charge on any atom is -0.508 e. The third-order valence-electron chi connectivity index (χ3n) is 4.30. The molecule has 0 aliphatic rings. The van der Waals surface area contributed by atoms with E-state index in [0.717, 1.165) is 23.2 Å². The average Bonchev–Trinajstić information content (AvgIpc) is 3.18. The predicted molar refractivity (Wildman–Crippen MR) is 116 cm³/mol. The van der Waals surface area contributed by atoms with Gasteiger partial charge in [0.25, 0.3) is 0 Å². The lowest BCUT2D eigenvalue weighted by molar-refractivity contribution is 0.475. The van der Waals surface area contributed by atoms with E-state index in [-0.39, 0.29) is 11.2 Å². The van der Waals surface area contributed by atoms with Gasteiger partial charge in [0.2, 0.25) is 0 Å². The van der Waals surface area contributed by atoms with E-state index in [9.17, 15) is 5.11 Å². The molecule has 0 saturated carbocycles. The van der Waals surface area contributed by atoms with E-state index < -0.39 is 0 Å². The molecule has 0 aliphatic heterocycles. The van der Waals surface area contributed by atoms with Crippen LogP contribution in [0.1, 0.15) is 12.5 Å². The summed E-state index contributed by atoms with van der Waals surface area (Å²) in [6, 6.07) is 10.8. The van der Waals surface area contributed by atoms with Crippen LogP contribution in [0.4, 0.5) is 5.82 Å². The maximum absolute atomic E-state index is 9.40. The van der Waals surface area contributed by atoms with Crippen LogP contribution < -0.4 is 10.6 Å². The lowest BCUT2D eigenvalue weighted by Crippen LogP contribution is -2.31. The molecule has 4 aromatic rings. The molecule has 3 aromatic heterocycles. The zero-order chi connectivity index (χ0) is 20.2. The summed E-state index contributed by atoms with van der Waals surface area (Å²) in [6.07, 6.45) is 5.39. The number of benzene rings is 1. The molecule has 3 heterocycles. The van der Waals surface area contributed by atoms with E-state index in [0.29, 0.717) is 23.7 Å². The predicted octanol–water partition coefficient (Wildman–Crippen LogP) is 2.88. The van der Waals surface area contributed by atoms with E-state index in [1.165, 1.54) is 0 Å². The molecule has 0 aliphatic carbocycles. The molecule has 1 aromatic carbocycles. The van der Waals surface area contributed by atoms with Crippen molar-refractivity contribution in [1.29, 1.82) is 0 Å². The van der Waals surface area contributed by atoms with Crippen LogP contribution in [0.25, 0.3) is 22.4 Å². The van der Waals surface area contributed by atoms with Crippen LogP contribution >= 0.6 is 12.6 Å². The molecule has 0 amide bonds. The Morgan fingerprint density at radius 3 is 2.72 bits per heavy atom. The maximum Gasteiger partial charge on any atom is 0.180 e. The molecule has 148 valence electrons. The number of anilines is 1. The first-order valence-electron chi connectivity index (χ1n) is 9.23. The molecule has 1 atom stereocenters. The van der Waals surface area contributed by atoms with Gasteiger partial charge in [-0.05, 0) is 36.4 Å². The van der Waals surface area contributed by atoms with Crippen molar-refractivity contribution in [1.82, 2.24) is 30.0 Å². The van der Waals surface area contributed by atoms with Gasteiger partial charge in [0.15, 0.2) is 5.65 Å². The van der Waals surface area contributed by atoms with Crippen molar-refractivity contribution < 1.29 is 5.11 Å². The van der Waals surface area contributed by atoms with Gasteiger partial charge in [0, 0.05) is 11.8 Å². The van der Waals surface area contributed by atoms with Crippen LogP contribution in [0, 0.1) is 0 Å². The van der Waals surface area contributed by atoms with Crippen LogP contribution in [-0.2, 0) is 6.54 Å². The second kappa shape index (κ2) is 8.46. The number of rotatable bonds is 7. The molecule has 1 unspecified atom stereocenters. The Bertz CT molecular complexity index is 1110. The lowest BCUT2D eigenvalue weighted by Gasteiger charge is -2.14. The van der Waals surface area contributed by atoms with Crippen molar-refractivity contribution in [2.24, 2.45) is 0 Å². The standard InChI is InChI=1S/C20H21N7OS/c1-2-21-20(29)26-18-8-7-16-19(25-18)24-17(10-22-16)14-9-23-27(12-14)11-13-3-5-15(28)6-4-13/h3-10,12,20-21,28-29H,2,11H2,1H3,(H,24,25,26). The van der Waals surface area contributed by atoms with Crippen molar-refractivity contribution in [3.63, 3.8) is 0 Å². The Morgan fingerprint density at radius 2 is 1.93 bits per heavy atom. The minimum absolute atomic E-state index is 0.195. The molecule has 0 bridgehead atoms. The number of hydrogen-bond acceptors (Lipinski definition) is 8. The molecule has 9 heteroatoms. The number of hydrogen-bond donors (Lipinski definition) is 4. The van der Waals surface area contributed by atoms with Gasteiger partial charge in [0.05, 0.1) is 24.6 Å². The summed E-state index contributed by atoms with van der Waals surface area (Å²) >= 11 is 4.42. The van der Waals surface area contributed by atoms with Crippen LogP contribution in [0.3, 0.4) is 0 Å².